The Kier molecular flexibility index (Phi) is 5.50. The zero-order valence-corrected chi connectivity index (χ0v) is 17.8. The molecule has 0 aliphatic carbocycles. The van der Waals surface area contributed by atoms with Crippen molar-refractivity contribution in [1.29, 1.82) is 0 Å². The van der Waals surface area contributed by atoms with E-state index in [1.54, 1.807) is 24.3 Å². The van der Waals surface area contributed by atoms with Crippen molar-refractivity contribution in [2.24, 2.45) is 5.92 Å². The highest BCUT2D eigenvalue weighted by Gasteiger charge is 2.33. The summed E-state index contributed by atoms with van der Waals surface area (Å²) >= 11 is 2.80. The molecule has 0 N–H and O–H groups in total. The first kappa shape index (κ1) is 19.5. The molecule has 9 heteroatoms. The Hall–Kier alpha value is -1.81. The van der Waals surface area contributed by atoms with Gasteiger partial charge < -0.3 is 4.74 Å². The van der Waals surface area contributed by atoms with Gasteiger partial charge in [0.05, 0.1) is 27.6 Å². The van der Waals surface area contributed by atoms with Gasteiger partial charge in [0.1, 0.15) is 9.22 Å². The van der Waals surface area contributed by atoms with Crippen LogP contribution < -0.4 is 0 Å². The minimum absolute atomic E-state index is 0.215. The number of sulfonamides is 1. The number of thiophene rings is 1. The molecule has 0 amide bonds. The van der Waals surface area contributed by atoms with Crippen molar-refractivity contribution in [2.45, 2.75) is 24.0 Å². The Morgan fingerprint density at radius 1 is 1.18 bits per heavy atom. The number of aromatic nitrogens is 1. The molecule has 1 aromatic carbocycles. The van der Waals surface area contributed by atoms with E-state index in [0.717, 1.165) is 20.1 Å². The molecule has 3 aromatic rings. The lowest BCUT2D eigenvalue weighted by molar-refractivity contribution is -0.149. The molecule has 0 spiro atoms. The highest BCUT2D eigenvalue weighted by Crippen LogP contribution is 2.37. The maximum Gasteiger partial charge on any atom is 0.309 e. The fourth-order valence-electron chi connectivity index (χ4n) is 3.27. The van der Waals surface area contributed by atoms with E-state index in [2.05, 4.69) is 4.98 Å². The summed E-state index contributed by atoms with van der Waals surface area (Å²) in [5.41, 5.74) is 0.918. The molecule has 1 saturated heterocycles. The third-order valence-electron chi connectivity index (χ3n) is 4.75. The number of hydrogen-bond donors (Lipinski definition) is 0. The van der Waals surface area contributed by atoms with Crippen LogP contribution >= 0.6 is 22.7 Å². The van der Waals surface area contributed by atoms with Crippen molar-refractivity contribution in [3.05, 3.63) is 36.4 Å². The van der Waals surface area contributed by atoms with Gasteiger partial charge in [-0.1, -0.05) is 12.1 Å². The lowest BCUT2D eigenvalue weighted by Gasteiger charge is -2.29. The Labute approximate surface area is 171 Å². The van der Waals surface area contributed by atoms with Gasteiger partial charge in [0.2, 0.25) is 0 Å². The Morgan fingerprint density at radius 3 is 2.64 bits per heavy atom. The zero-order chi connectivity index (χ0) is 19.7. The number of esters is 1. The average molecular weight is 437 g/mol. The standard InChI is InChI=1S/C19H20N2O4S3/c1-2-25-19(22)13-9-11-21(12-10-13)28(23,24)17-8-7-16(26-17)18-20-14-5-3-4-6-15(14)27-18/h3-8,13H,2,9-12H2,1H3. The highest BCUT2D eigenvalue weighted by atomic mass is 32.2. The molecule has 1 aliphatic heterocycles. The van der Waals surface area contributed by atoms with Crippen LogP contribution in [0.4, 0.5) is 0 Å². The summed E-state index contributed by atoms with van der Waals surface area (Å²) in [5, 5.41) is 0.827. The van der Waals surface area contributed by atoms with E-state index >= 15 is 0 Å². The number of thiazole rings is 1. The first-order chi connectivity index (χ1) is 13.5. The summed E-state index contributed by atoms with van der Waals surface area (Å²) in [4.78, 5) is 17.3. The number of ether oxygens (including phenoxy) is 1. The van der Waals surface area contributed by atoms with Crippen molar-refractivity contribution in [3.8, 4) is 9.88 Å². The predicted octanol–water partition coefficient (Wildman–Crippen LogP) is 3.99. The maximum atomic E-state index is 13.0. The minimum atomic E-state index is -3.56. The van der Waals surface area contributed by atoms with Crippen LogP contribution in [0, 0.1) is 5.92 Å². The quantitative estimate of drug-likeness (QED) is 0.565. The summed E-state index contributed by atoms with van der Waals surface area (Å²) in [5.74, 6) is -0.443. The van der Waals surface area contributed by atoms with Gasteiger partial charge in [-0.25, -0.2) is 13.4 Å². The summed E-state index contributed by atoms with van der Waals surface area (Å²) < 4.78 is 33.9. The third-order valence-corrected chi connectivity index (χ3v) is 9.41. The van der Waals surface area contributed by atoms with Crippen LogP contribution in [0.3, 0.4) is 0 Å². The van der Waals surface area contributed by atoms with Crippen LogP contribution in [0.1, 0.15) is 19.8 Å². The van der Waals surface area contributed by atoms with Crippen LogP contribution in [-0.2, 0) is 19.6 Å². The molecule has 1 fully saturated rings. The first-order valence-corrected chi connectivity index (χ1v) is 12.2. The van der Waals surface area contributed by atoms with Crippen LogP contribution in [0.5, 0.6) is 0 Å². The molecule has 4 rings (SSSR count). The minimum Gasteiger partial charge on any atom is -0.466 e. The van der Waals surface area contributed by atoms with Crippen molar-refractivity contribution in [1.82, 2.24) is 9.29 Å². The second-order valence-electron chi connectivity index (χ2n) is 6.54. The van der Waals surface area contributed by atoms with Gasteiger partial charge in [0.25, 0.3) is 10.0 Å². The van der Waals surface area contributed by atoms with E-state index in [0.29, 0.717) is 36.7 Å². The van der Waals surface area contributed by atoms with E-state index in [4.69, 9.17) is 4.74 Å². The summed E-state index contributed by atoms with van der Waals surface area (Å²) in [6.07, 6.45) is 0.988. The van der Waals surface area contributed by atoms with Gasteiger partial charge in [-0.15, -0.1) is 22.7 Å². The molecule has 148 valence electrons. The normalized spacial score (nSPS) is 16.5. The van der Waals surface area contributed by atoms with Crippen molar-refractivity contribution in [3.63, 3.8) is 0 Å². The highest BCUT2D eigenvalue weighted by molar-refractivity contribution is 7.91. The maximum absolute atomic E-state index is 13.0. The zero-order valence-electron chi connectivity index (χ0n) is 15.3. The van der Waals surface area contributed by atoms with Crippen molar-refractivity contribution < 1.29 is 17.9 Å². The number of carbonyl (C=O) groups is 1. The molecule has 2 aromatic heterocycles. The molecular formula is C19H20N2O4S3. The van der Waals surface area contributed by atoms with Crippen molar-refractivity contribution >= 4 is 48.9 Å². The number of nitrogens with zero attached hydrogens (tertiary/aromatic N) is 2. The monoisotopic (exact) mass is 436 g/mol. The number of rotatable bonds is 5. The molecule has 0 unspecified atom stereocenters. The number of benzene rings is 1. The molecule has 28 heavy (non-hydrogen) atoms. The molecule has 0 atom stereocenters. The average Bonchev–Trinajstić information content (AvgIpc) is 3.35. The van der Waals surface area contributed by atoms with Gasteiger partial charge in [-0.05, 0) is 44.0 Å². The van der Waals surface area contributed by atoms with E-state index in [1.807, 2.05) is 30.3 Å². The molecule has 0 saturated carbocycles. The molecule has 6 nitrogen and oxygen atoms in total. The van der Waals surface area contributed by atoms with Gasteiger partial charge in [-0.3, -0.25) is 4.79 Å². The fraction of sp³-hybridized carbons (Fsp3) is 0.368. The van der Waals surface area contributed by atoms with Crippen LogP contribution in [0.25, 0.3) is 20.1 Å². The number of fused-ring (bicyclic) bond motifs is 1. The fourth-order valence-corrected chi connectivity index (χ4v) is 7.22. The van der Waals surface area contributed by atoms with E-state index in [9.17, 15) is 13.2 Å². The predicted molar refractivity (Wildman–Crippen MR) is 111 cm³/mol. The molecule has 0 bridgehead atoms. The molecule has 1 aliphatic rings. The number of hydrogen-bond acceptors (Lipinski definition) is 7. The van der Waals surface area contributed by atoms with E-state index < -0.39 is 10.0 Å². The second-order valence-corrected chi connectivity index (χ2v) is 10.8. The van der Waals surface area contributed by atoms with E-state index in [-0.39, 0.29) is 11.9 Å². The van der Waals surface area contributed by atoms with Gasteiger partial charge in [0, 0.05) is 13.1 Å². The van der Waals surface area contributed by atoms with Crippen LogP contribution in [0.15, 0.2) is 40.6 Å². The van der Waals surface area contributed by atoms with Gasteiger partial charge >= 0.3 is 5.97 Å². The summed E-state index contributed by atoms with van der Waals surface area (Å²) in [6, 6.07) is 11.3. The van der Waals surface area contributed by atoms with Crippen LogP contribution in [0.2, 0.25) is 0 Å². The summed E-state index contributed by atoms with van der Waals surface area (Å²) in [7, 11) is -3.56. The summed E-state index contributed by atoms with van der Waals surface area (Å²) in [6.45, 7) is 2.79. The van der Waals surface area contributed by atoms with Gasteiger partial charge in [0.15, 0.2) is 0 Å². The van der Waals surface area contributed by atoms with Gasteiger partial charge in [-0.2, -0.15) is 4.31 Å². The third kappa shape index (κ3) is 3.71. The SMILES string of the molecule is CCOC(=O)C1CCN(S(=O)(=O)c2ccc(-c3nc4ccccc4s3)s2)CC1. The lowest BCUT2D eigenvalue weighted by atomic mass is 9.98. The Bertz CT molecular complexity index is 1060. The number of piperidine rings is 1. The Balaban J connectivity index is 1.51. The van der Waals surface area contributed by atoms with Crippen molar-refractivity contribution in [2.75, 3.05) is 19.7 Å². The first-order valence-electron chi connectivity index (χ1n) is 9.11. The van der Waals surface area contributed by atoms with E-state index in [1.165, 1.54) is 15.6 Å². The number of para-hydroxylation sites is 1. The molecule has 0 radical (unpaired) electrons. The largest absolute Gasteiger partial charge is 0.466 e. The smallest absolute Gasteiger partial charge is 0.309 e. The molecular weight excluding hydrogens is 416 g/mol. The topological polar surface area (TPSA) is 76.6 Å². The number of carbonyl (C=O) groups excluding carboxylic acids is 1. The molecule has 3 heterocycles. The lowest BCUT2D eigenvalue weighted by Crippen LogP contribution is -2.40. The Morgan fingerprint density at radius 2 is 1.93 bits per heavy atom. The van der Waals surface area contributed by atoms with Crippen LogP contribution in [-0.4, -0.2) is 43.4 Å². The second kappa shape index (κ2) is 7.90.